The van der Waals surface area contributed by atoms with Gasteiger partial charge in [-0.05, 0) is 0 Å². The summed E-state index contributed by atoms with van der Waals surface area (Å²) in [6.07, 6.45) is 3.24. The van der Waals surface area contributed by atoms with Crippen molar-refractivity contribution in [3.63, 3.8) is 0 Å². The number of aromatic nitrogens is 3. The van der Waals surface area contributed by atoms with E-state index < -0.39 is 7.82 Å². The minimum Gasteiger partial charge on any atom is -0.303 e. The molecule has 14 heavy (non-hydrogen) atoms. The number of phosphoric acid groups is 1. The zero-order valence-corrected chi connectivity index (χ0v) is 8.39. The molecule has 0 amide bonds. The van der Waals surface area contributed by atoms with Gasteiger partial charge in [0, 0.05) is 0 Å². The second-order valence-corrected chi connectivity index (χ2v) is 3.94. The Balaban J connectivity index is 0.000000171. The highest BCUT2D eigenvalue weighted by Gasteiger charge is 2.00. The first-order valence-electron chi connectivity index (χ1n) is 3.24. The molecule has 2 heterocycles. The molecule has 0 saturated carbocycles. The molecule has 76 valence electrons. The van der Waals surface area contributed by atoms with Gasteiger partial charge in [0.15, 0.2) is 0 Å². The quantitative estimate of drug-likeness (QED) is 0.556. The Morgan fingerprint density at radius 3 is 2.50 bits per heavy atom. The zero-order valence-electron chi connectivity index (χ0n) is 6.68. The molecule has 0 atom stereocenters. The van der Waals surface area contributed by atoms with E-state index in [1.165, 1.54) is 17.7 Å². The molecule has 9 heteroatoms. The third-order valence-corrected chi connectivity index (χ3v) is 1.76. The first kappa shape index (κ1) is 11.2. The lowest BCUT2D eigenvalue weighted by molar-refractivity contribution is 0.275. The van der Waals surface area contributed by atoms with E-state index in [1.54, 1.807) is 11.7 Å². The Kier molecular flexibility index (Phi) is 3.62. The van der Waals surface area contributed by atoms with E-state index in [1.807, 2.05) is 0 Å². The molecule has 0 aliphatic rings. The normalized spacial score (nSPS) is 10.8. The van der Waals surface area contributed by atoms with Crippen molar-refractivity contribution in [2.24, 2.45) is 0 Å². The Morgan fingerprint density at radius 1 is 1.29 bits per heavy atom. The van der Waals surface area contributed by atoms with E-state index in [9.17, 15) is 0 Å². The first-order chi connectivity index (χ1) is 6.47. The van der Waals surface area contributed by atoms with Crippen LogP contribution in [0.1, 0.15) is 0 Å². The van der Waals surface area contributed by atoms with Crippen molar-refractivity contribution < 1.29 is 19.2 Å². The maximum atomic E-state index is 8.88. The summed E-state index contributed by atoms with van der Waals surface area (Å²) in [5.41, 5.74) is 2.64. The molecule has 0 aliphatic carbocycles. The second kappa shape index (κ2) is 4.54. The molecule has 0 radical (unpaired) electrons. The molecular weight excluding hydrogens is 229 g/mol. The predicted octanol–water partition coefficient (Wildman–Crippen LogP) is 0.158. The van der Waals surface area contributed by atoms with Gasteiger partial charge in [-0.25, -0.2) is 19.5 Å². The van der Waals surface area contributed by atoms with Crippen molar-refractivity contribution in [1.29, 1.82) is 0 Å². The summed E-state index contributed by atoms with van der Waals surface area (Å²) in [6, 6.07) is 0. The summed E-state index contributed by atoms with van der Waals surface area (Å²) in [4.78, 5) is 34.3. The lowest BCUT2D eigenvalue weighted by Crippen LogP contribution is -1.73. The van der Waals surface area contributed by atoms with Gasteiger partial charge in [-0.2, -0.15) is 0 Å². The van der Waals surface area contributed by atoms with E-state index in [4.69, 9.17) is 19.2 Å². The molecule has 7 nitrogen and oxygen atoms in total. The Hall–Kier alpha value is -0.920. The van der Waals surface area contributed by atoms with Gasteiger partial charge in [0.2, 0.25) is 0 Å². The van der Waals surface area contributed by atoms with Crippen molar-refractivity contribution in [1.82, 2.24) is 15.0 Å². The third-order valence-electron chi connectivity index (χ3n) is 1.01. The number of thiazole rings is 1. The summed E-state index contributed by atoms with van der Waals surface area (Å²) < 4.78 is 8.88. The summed E-state index contributed by atoms with van der Waals surface area (Å²) in [5, 5.41) is 0. The van der Waals surface area contributed by atoms with Crippen LogP contribution in [-0.2, 0) is 4.57 Å². The summed E-state index contributed by atoms with van der Waals surface area (Å²) in [5.74, 6) is 0. The van der Waals surface area contributed by atoms with Gasteiger partial charge in [0.25, 0.3) is 0 Å². The molecule has 0 fully saturated rings. The molecular formula is C5H6N3O4PS. The van der Waals surface area contributed by atoms with Crippen LogP contribution in [0, 0.1) is 0 Å². The number of nitrogens with zero attached hydrogens (tertiary/aromatic N) is 3. The van der Waals surface area contributed by atoms with Gasteiger partial charge in [-0.15, -0.1) is 11.3 Å². The smallest absolute Gasteiger partial charge is 0.303 e. The largest absolute Gasteiger partial charge is 0.466 e. The van der Waals surface area contributed by atoms with Gasteiger partial charge in [-0.3, -0.25) is 0 Å². The Labute approximate surface area is 82.4 Å². The average Bonchev–Trinajstić information content (AvgIpc) is 2.47. The van der Waals surface area contributed by atoms with Gasteiger partial charge in [0.05, 0.1) is 11.7 Å². The van der Waals surface area contributed by atoms with Crippen molar-refractivity contribution in [2.45, 2.75) is 0 Å². The van der Waals surface area contributed by atoms with E-state index in [-0.39, 0.29) is 0 Å². The fraction of sp³-hybridized carbons (Fsp3) is 0. The first-order valence-corrected chi connectivity index (χ1v) is 5.69. The van der Waals surface area contributed by atoms with E-state index >= 15 is 0 Å². The van der Waals surface area contributed by atoms with Crippen LogP contribution in [0.25, 0.3) is 10.3 Å². The highest BCUT2D eigenvalue weighted by atomic mass is 32.1. The lowest BCUT2D eigenvalue weighted by atomic mass is 10.6. The van der Waals surface area contributed by atoms with E-state index in [0.717, 1.165) is 10.3 Å². The fourth-order valence-corrected chi connectivity index (χ4v) is 1.22. The summed E-state index contributed by atoms with van der Waals surface area (Å²) in [7, 11) is -4.64. The number of hydrogen-bond acceptors (Lipinski definition) is 5. The summed E-state index contributed by atoms with van der Waals surface area (Å²) in [6.45, 7) is 0. The van der Waals surface area contributed by atoms with Crippen LogP contribution >= 0.6 is 19.2 Å². The maximum Gasteiger partial charge on any atom is 0.466 e. The van der Waals surface area contributed by atoms with Gasteiger partial charge >= 0.3 is 7.82 Å². The molecule has 0 bridgehead atoms. The van der Waals surface area contributed by atoms with Crippen LogP contribution in [0.3, 0.4) is 0 Å². The predicted molar refractivity (Wildman–Crippen MR) is 49.5 cm³/mol. The van der Waals surface area contributed by atoms with Crippen molar-refractivity contribution in [2.75, 3.05) is 0 Å². The standard InChI is InChI=1S/C5H3N3S.H3O4P/c1-4-5(7-2-6-1)9-3-8-4;1-5(2,3)4/h1-3H;(H3,1,2,3,4). The molecule has 3 N–H and O–H groups in total. The van der Waals surface area contributed by atoms with Crippen molar-refractivity contribution in [3.8, 4) is 0 Å². The zero-order chi connectivity index (χ0) is 10.6. The van der Waals surface area contributed by atoms with Crippen LogP contribution in [0.5, 0.6) is 0 Å². The number of rotatable bonds is 0. The molecule has 0 unspecified atom stereocenters. The SMILES string of the molecule is O=P(O)(O)O.c1ncc2ncsc2n1. The molecule has 0 aromatic carbocycles. The van der Waals surface area contributed by atoms with E-state index in [2.05, 4.69) is 15.0 Å². The van der Waals surface area contributed by atoms with Crippen LogP contribution in [0.2, 0.25) is 0 Å². The van der Waals surface area contributed by atoms with Crippen LogP contribution in [-0.4, -0.2) is 29.6 Å². The second-order valence-electron chi connectivity index (χ2n) is 2.08. The van der Waals surface area contributed by atoms with E-state index in [0.29, 0.717) is 0 Å². The minimum absolute atomic E-state index is 0.877. The maximum absolute atomic E-state index is 8.88. The molecule has 0 spiro atoms. The number of fused-ring (bicyclic) bond motifs is 1. The third kappa shape index (κ3) is 4.35. The molecule has 2 aromatic rings. The average molecular weight is 235 g/mol. The van der Waals surface area contributed by atoms with Crippen molar-refractivity contribution >= 4 is 29.5 Å². The Morgan fingerprint density at radius 2 is 1.93 bits per heavy atom. The highest BCUT2D eigenvalue weighted by Crippen LogP contribution is 2.25. The van der Waals surface area contributed by atoms with Gasteiger partial charge in [0.1, 0.15) is 16.7 Å². The van der Waals surface area contributed by atoms with Crippen LogP contribution < -0.4 is 0 Å². The summed E-state index contributed by atoms with van der Waals surface area (Å²) >= 11 is 1.53. The molecule has 0 saturated heterocycles. The molecule has 2 aromatic heterocycles. The van der Waals surface area contributed by atoms with Gasteiger partial charge < -0.3 is 14.7 Å². The molecule has 0 aliphatic heterocycles. The van der Waals surface area contributed by atoms with Crippen molar-refractivity contribution in [3.05, 3.63) is 18.0 Å². The van der Waals surface area contributed by atoms with Crippen LogP contribution in [0.15, 0.2) is 18.0 Å². The minimum atomic E-state index is -4.64. The number of hydrogen-bond donors (Lipinski definition) is 3. The van der Waals surface area contributed by atoms with Gasteiger partial charge in [-0.1, -0.05) is 0 Å². The monoisotopic (exact) mass is 235 g/mol. The fourth-order valence-electron chi connectivity index (χ4n) is 0.623. The lowest BCUT2D eigenvalue weighted by Gasteiger charge is -1.82. The highest BCUT2D eigenvalue weighted by molar-refractivity contribution is 7.45. The Bertz CT molecular complexity index is 416. The topological polar surface area (TPSA) is 116 Å². The molecule has 2 rings (SSSR count). The van der Waals surface area contributed by atoms with Crippen LogP contribution in [0.4, 0.5) is 0 Å².